The van der Waals surface area contributed by atoms with Gasteiger partial charge in [0.05, 0.1) is 7.11 Å². The normalized spacial score (nSPS) is 14.5. The van der Waals surface area contributed by atoms with Gasteiger partial charge in [0.1, 0.15) is 11.8 Å². The number of allylic oxidation sites excluding steroid dienone is 1. The molecule has 1 aliphatic carbocycles. The summed E-state index contributed by atoms with van der Waals surface area (Å²) in [6, 6.07) is 20.1. The van der Waals surface area contributed by atoms with Crippen molar-refractivity contribution in [3.63, 3.8) is 0 Å². The molecule has 1 N–H and O–H groups in total. The minimum atomic E-state index is -0.958. The van der Waals surface area contributed by atoms with Crippen molar-refractivity contribution < 1.29 is 19.1 Å². The summed E-state index contributed by atoms with van der Waals surface area (Å²) >= 11 is 6.15. The van der Waals surface area contributed by atoms with Gasteiger partial charge in [-0.05, 0) is 79.9 Å². The summed E-state index contributed by atoms with van der Waals surface area (Å²) in [6.45, 7) is 1.95. The van der Waals surface area contributed by atoms with E-state index in [2.05, 4.69) is 5.32 Å². The van der Waals surface area contributed by atoms with Gasteiger partial charge in [-0.3, -0.25) is 19.3 Å². The molecule has 1 unspecified atom stereocenters. The highest BCUT2D eigenvalue weighted by Gasteiger charge is 2.33. The molecule has 1 fully saturated rings. The van der Waals surface area contributed by atoms with E-state index in [9.17, 15) is 14.4 Å². The lowest BCUT2D eigenvalue weighted by Gasteiger charge is -2.33. The zero-order chi connectivity index (χ0) is 27.8. The second kappa shape index (κ2) is 13.3. The van der Waals surface area contributed by atoms with Crippen LogP contribution in [0.5, 0.6) is 5.75 Å². The summed E-state index contributed by atoms with van der Waals surface area (Å²) in [6.07, 6.45) is 7.57. The number of ketones is 1. The SMILES string of the molecule is COc1ccc(C(=O)/C=C/C(=O)N(c2ccc(C)cc2)C(C(=O)NC2CCCCC2)c2ccc(Cl)cc2)cc1. The van der Waals surface area contributed by atoms with Crippen LogP contribution in [0.2, 0.25) is 5.02 Å². The summed E-state index contributed by atoms with van der Waals surface area (Å²) in [7, 11) is 1.55. The second-order valence-corrected chi connectivity index (χ2v) is 10.2. The van der Waals surface area contributed by atoms with Crippen LogP contribution in [-0.2, 0) is 9.59 Å². The number of carbonyl (C=O) groups is 3. The molecule has 0 saturated heterocycles. The average Bonchev–Trinajstić information content (AvgIpc) is 2.96. The molecule has 6 nitrogen and oxygen atoms in total. The molecule has 0 heterocycles. The quantitative estimate of drug-likeness (QED) is 0.243. The molecule has 3 aromatic rings. The Morgan fingerprint density at radius 2 is 1.54 bits per heavy atom. The molecule has 0 aromatic heterocycles. The Balaban J connectivity index is 1.70. The first-order valence-electron chi connectivity index (χ1n) is 13.2. The van der Waals surface area contributed by atoms with Gasteiger partial charge in [0.25, 0.3) is 5.91 Å². The molecule has 7 heteroatoms. The van der Waals surface area contributed by atoms with E-state index in [1.165, 1.54) is 17.1 Å². The van der Waals surface area contributed by atoms with E-state index in [1.807, 2.05) is 31.2 Å². The van der Waals surface area contributed by atoms with E-state index in [4.69, 9.17) is 16.3 Å². The lowest BCUT2D eigenvalue weighted by molar-refractivity contribution is -0.126. The standard InChI is InChI=1S/C32H33ClN2O4/c1-22-8-16-27(17-9-22)35(30(37)21-20-29(36)23-12-18-28(39-2)19-13-23)31(24-10-14-25(33)15-11-24)32(38)34-26-6-4-3-5-7-26/h8-21,26,31H,3-7H2,1-2H3,(H,34,38)/b21-20+. The van der Waals surface area contributed by atoms with Crippen LogP contribution in [0.3, 0.4) is 0 Å². The molecule has 0 spiro atoms. The first kappa shape index (κ1) is 28.1. The number of ether oxygens (including phenoxy) is 1. The van der Waals surface area contributed by atoms with Gasteiger partial charge in [-0.1, -0.05) is 60.7 Å². The predicted octanol–water partition coefficient (Wildman–Crippen LogP) is 6.62. The number of carbonyl (C=O) groups excluding carboxylic acids is 3. The maximum absolute atomic E-state index is 13.9. The van der Waals surface area contributed by atoms with Crippen LogP contribution in [0.4, 0.5) is 5.69 Å². The van der Waals surface area contributed by atoms with Gasteiger partial charge < -0.3 is 10.1 Å². The molecule has 4 rings (SSSR count). The van der Waals surface area contributed by atoms with Crippen molar-refractivity contribution in [3.05, 3.63) is 107 Å². The highest BCUT2D eigenvalue weighted by atomic mass is 35.5. The van der Waals surface area contributed by atoms with Crippen molar-refractivity contribution in [2.45, 2.75) is 51.1 Å². The summed E-state index contributed by atoms with van der Waals surface area (Å²) in [5.41, 5.74) is 2.61. The topological polar surface area (TPSA) is 75.7 Å². The number of aryl methyl sites for hydroxylation is 1. The number of benzene rings is 3. The molecular formula is C32H33ClN2O4. The van der Waals surface area contributed by atoms with E-state index in [0.717, 1.165) is 37.7 Å². The predicted molar refractivity (Wildman–Crippen MR) is 154 cm³/mol. The Morgan fingerprint density at radius 3 is 2.15 bits per heavy atom. The molecule has 1 saturated carbocycles. The number of nitrogens with one attached hydrogen (secondary N) is 1. The van der Waals surface area contributed by atoms with Crippen LogP contribution in [0.15, 0.2) is 84.9 Å². The van der Waals surface area contributed by atoms with Crippen LogP contribution in [0.25, 0.3) is 0 Å². The second-order valence-electron chi connectivity index (χ2n) is 9.77. The monoisotopic (exact) mass is 544 g/mol. The van der Waals surface area contributed by atoms with Crippen molar-refractivity contribution in [1.29, 1.82) is 0 Å². The van der Waals surface area contributed by atoms with Crippen LogP contribution in [0.1, 0.15) is 59.6 Å². The number of rotatable bonds is 9. The summed E-state index contributed by atoms with van der Waals surface area (Å²) in [5.74, 6) is -0.455. The lowest BCUT2D eigenvalue weighted by atomic mass is 9.94. The first-order chi connectivity index (χ1) is 18.9. The van der Waals surface area contributed by atoms with Crippen LogP contribution in [0, 0.1) is 6.92 Å². The van der Waals surface area contributed by atoms with E-state index in [-0.39, 0.29) is 17.7 Å². The zero-order valence-electron chi connectivity index (χ0n) is 22.2. The Bertz CT molecular complexity index is 1310. The molecule has 2 amide bonds. The molecule has 0 aliphatic heterocycles. The van der Waals surface area contributed by atoms with Gasteiger partial charge in [-0.25, -0.2) is 0 Å². The number of hydrogen-bond acceptors (Lipinski definition) is 4. The number of nitrogens with zero attached hydrogens (tertiary/aromatic N) is 1. The minimum Gasteiger partial charge on any atom is -0.497 e. The third-order valence-corrected chi connectivity index (χ3v) is 7.20. The minimum absolute atomic E-state index is 0.0585. The van der Waals surface area contributed by atoms with Crippen molar-refractivity contribution in [3.8, 4) is 5.75 Å². The molecule has 0 bridgehead atoms. The number of methoxy groups -OCH3 is 1. The Labute approximate surface area is 234 Å². The van der Waals surface area contributed by atoms with Gasteiger partial charge >= 0.3 is 0 Å². The van der Waals surface area contributed by atoms with Crippen LogP contribution in [-0.4, -0.2) is 30.7 Å². The van der Waals surface area contributed by atoms with E-state index < -0.39 is 11.9 Å². The van der Waals surface area contributed by atoms with Gasteiger partial charge in [-0.15, -0.1) is 0 Å². The Kier molecular flexibility index (Phi) is 9.55. The maximum atomic E-state index is 13.9. The molecule has 1 atom stereocenters. The molecule has 3 aromatic carbocycles. The Morgan fingerprint density at radius 1 is 0.897 bits per heavy atom. The fourth-order valence-electron chi connectivity index (χ4n) is 4.78. The van der Waals surface area contributed by atoms with Crippen LogP contribution >= 0.6 is 11.6 Å². The summed E-state index contributed by atoms with van der Waals surface area (Å²) in [4.78, 5) is 41.9. The summed E-state index contributed by atoms with van der Waals surface area (Å²) in [5, 5.41) is 3.71. The third-order valence-electron chi connectivity index (χ3n) is 6.95. The smallest absolute Gasteiger partial charge is 0.252 e. The largest absolute Gasteiger partial charge is 0.497 e. The lowest BCUT2D eigenvalue weighted by Crippen LogP contribution is -2.47. The van der Waals surface area contributed by atoms with Crippen molar-refractivity contribution in [2.24, 2.45) is 0 Å². The Hall–Kier alpha value is -3.90. The number of amides is 2. The highest BCUT2D eigenvalue weighted by molar-refractivity contribution is 6.30. The van der Waals surface area contributed by atoms with Crippen molar-refractivity contribution in [2.75, 3.05) is 12.0 Å². The summed E-state index contributed by atoms with van der Waals surface area (Å²) < 4.78 is 5.15. The number of halogens is 1. The number of hydrogen-bond donors (Lipinski definition) is 1. The highest BCUT2D eigenvalue weighted by Crippen LogP contribution is 2.30. The molecule has 1 aliphatic rings. The van der Waals surface area contributed by atoms with Crippen molar-refractivity contribution in [1.82, 2.24) is 5.32 Å². The van der Waals surface area contributed by atoms with Gasteiger partial charge in [0, 0.05) is 28.4 Å². The van der Waals surface area contributed by atoms with Crippen molar-refractivity contribution >= 4 is 34.9 Å². The molecule has 202 valence electrons. The molecule has 0 radical (unpaired) electrons. The molecular weight excluding hydrogens is 512 g/mol. The van der Waals surface area contributed by atoms with Crippen LogP contribution < -0.4 is 15.0 Å². The molecule has 39 heavy (non-hydrogen) atoms. The third kappa shape index (κ3) is 7.36. The number of anilines is 1. The maximum Gasteiger partial charge on any atom is 0.252 e. The first-order valence-corrected chi connectivity index (χ1v) is 13.6. The van der Waals surface area contributed by atoms with E-state index in [1.54, 1.807) is 55.6 Å². The van der Waals surface area contributed by atoms with Gasteiger partial charge in [-0.2, -0.15) is 0 Å². The van der Waals surface area contributed by atoms with E-state index in [0.29, 0.717) is 27.6 Å². The van der Waals surface area contributed by atoms with Gasteiger partial charge in [0.15, 0.2) is 5.78 Å². The zero-order valence-corrected chi connectivity index (χ0v) is 23.0. The van der Waals surface area contributed by atoms with E-state index >= 15 is 0 Å². The average molecular weight is 545 g/mol. The fourth-order valence-corrected chi connectivity index (χ4v) is 4.90. The fraction of sp³-hybridized carbons (Fsp3) is 0.281. The van der Waals surface area contributed by atoms with Gasteiger partial charge in [0.2, 0.25) is 5.91 Å².